The normalized spacial score (nSPS) is 11.2. The highest BCUT2D eigenvalue weighted by Gasteiger charge is 2.11. The van der Waals surface area contributed by atoms with E-state index in [0.717, 1.165) is 27.7 Å². The number of nitriles is 1. The van der Waals surface area contributed by atoms with Crippen LogP contribution in [0.4, 0.5) is 5.69 Å². The van der Waals surface area contributed by atoms with Crippen LogP contribution in [0, 0.1) is 11.3 Å². The average Bonchev–Trinajstić information content (AvgIpc) is 3.28. The smallest absolute Gasteiger partial charge is 0.162 e. The van der Waals surface area contributed by atoms with Gasteiger partial charge in [0.2, 0.25) is 0 Å². The molecule has 0 amide bonds. The predicted molar refractivity (Wildman–Crippen MR) is 122 cm³/mol. The zero-order chi connectivity index (χ0) is 20.9. The van der Waals surface area contributed by atoms with Crippen LogP contribution < -0.4 is 14.8 Å². The van der Waals surface area contributed by atoms with Crippen LogP contribution in [0.5, 0.6) is 11.5 Å². The molecule has 1 N–H and O–H groups in total. The third kappa shape index (κ3) is 3.84. The Morgan fingerprint density at radius 3 is 2.63 bits per heavy atom. The maximum Gasteiger partial charge on any atom is 0.162 e. The first-order valence-electron chi connectivity index (χ1n) is 9.26. The summed E-state index contributed by atoms with van der Waals surface area (Å²) in [6.07, 6.45) is 1.66. The quantitative estimate of drug-likeness (QED) is 0.395. The topological polar surface area (TPSA) is 67.2 Å². The molecule has 0 radical (unpaired) electrons. The molecule has 4 aromatic rings. The molecule has 0 fully saturated rings. The Morgan fingerprint density at radius 1 is 1.03 bits per heavy atom. The summed E-state index contributed by atoms with van der Waals surface area (Å²) in [5.41, 5.74) is 3.16. The lowest BCUT2D eigenvalue weighted by Gasteiger charge is -2.09. The molecular weight excluding hydrogens is 394 g/mol. The van der Waals surface area contributed by atoms with Crippen LogP contribution in [0.25, 0.3) is 27.6 Å². The molecule has 0 saturated carbocycles. The van der Waals surface area contributed by atoms with E-state index < -0.39 is 0 Å². The van der Waals surface area contributed by atoms with Gasteiger partial charge in [0.05, 0.1) is 19.9 Å². The molecule has 0 saturated heterocycles. The average molecular weight is 414 g/mol. The summed E-state index contributed by atoms with van der Waals surface area (Å²) < 4.78 is 10.6. The molecule has 0 aliphatic heterocycles. The standard InChI is InChI=1S/C24H19N3O2S/c1-28-22-11-10-18(12-23(22)29-2)26-14-17(13-25)24-27-21(15-30-24)20-9-5-7-16-6-3-4-8-19(16)20/h3-12,14-15,26H,1-2H3/b17-14+. The summed E-state index contributed by atoms with van der Waals surface area (Å²) in [6, 6.07) is 22.1. The second kappa shape index (κ2) is 8.68. The van der Waals surface area contributed by atoms with E-state index in [4.69, 9.17) is 14.5 Å². The maximum absolute atomic E-state index is 9.66. The Balaban J connectivity index is 1.62. The highest BCUT2D eigenvalue weighted by Crippen LogP contribution is 2.32. The van der Waals surface area contributed by atoms with Crippen LogP contribution in [0.15, 0.2) is 72.2 Å². The number of thiazole rings is 1. The Morgan fingerprint density at radius 2 is 1.83 bits per heavy atom. The fourth-order valence-electron chi connectivity index (χ4n) is 3.19. The second-order valence-corrected chi connectivity index (χ2v) is 7.31. The number of rotatable bonds is 6. The lowest BCUT2D eigenvalue weighted by molar-refractivity contribution is 0.355. The number of fused-ring (bicyclic) bond motifs is 1. The van der Waals surface area contributed by atoms with Crippen molar-refractivity contribution in [1.82, 2.24) is 4.98 Å². The summed E-state index contributed by atoms with van der Waals surface area (Å²) in [5.74, 6) is 1.26. The van der Waals surface area contributed by atoms with Crippen molar-refractivity contribution in [2.75, 3.05) is 19.5 Å². The summed E-state index contributed by atoms with van der Waals surface area (Å²) >= 11 is 1.45. The Hall–Kier alpha value is -3.82. The summed E-state index contributed by atoms with van der Waals surface area (Å²) in [5, 5.41) is 17.8. The number of nitrogens with one attached hydrogen (secondary N) is 1. The molecule has 3 aromatic carbocycles. The van der Waals surface area contributed by atoms with Gasteiger partial charge >= 0.3 is 0 Å². The molecule has 0 unspecified atom stereocenters. The number of hydrogen-bond donors (Lipinski definition) is 1. The zero-order valence-corrected chi connectivity index (χ0v) is 17.4. The van der Waals surface area contributed by atoms with Gasteiger partial charge in [-0.2, -0.15) is 5.26 Å². The van der Waals surface area contributed by atoms with Gasteiger partial charge in [-0.15, -0.1) is 11.3 Å². The van der Waals surface area contributed by atoms with Gasteiger partial charge < -0.3 is 14.8 Å². The fourth-order valence-corrected chi connectivity index (χ4v) is 3.98. The minimum absolute atomic E-state index is 0.460. The third-order valence-corrected chi connectivity index (χ3v) is 5.56. The minimum atomic E-state index is 0.460. The molecule has 30 heavy (non-hydrogen) atoms. The van der Waals surface area contributed by atoms with Gasteiger partial charge in [-0.3, -0.25) is 0 Å². The summed E-state index contributed by atoms with van der Waals surface area (Å²) in [4.78, 5) is 4.72. The third-order valence-electron chi connectivity index (χ3n) is 4.69. The van der Waals surface area contributed by atoms with Gasteiger partial charge in [0.15, 0.2) is 11.5 Å². The van der Waals surface area contributed by atoms with Crippen LogP contribution >= 0.6 is 11.3 Å². The van der Waals surface area contributed by atoms with E-state index >= 15 is 0 Å². The highest BCUT2D eigenvalue weighted by molar-refractivity contribution is 7.11. The predicted octanol–water partition coefficient (Wildman–Crippen LogP) is 5.96. The molecule has 0 aliphatic rings. The number of nitrogens with zero attached hydrogens (tertiary/aromatic N) is 2. The summed E-state index contributed by atoms with van der Waals surface area (Å²) in [6.45, 7) is 0. The number of anilines is 1. The Labute approximate surface area is 178 Å². The molecule has 0 spiro atoms. The van der Waals surface area contributed by atoms with Crippen LogP contribution in [0.2, 0.25) is 0 Å². The van der Waals surface area contributed by atoms with Crippen molar-refractivity contribution < 1.29 is 9.47 Å². The maximum atomic E-state index is 9.66. The van der Waals surface area contributed by atoms with Crippen molar-refractivity contribution in [3.8, 4) is 28.8 Å². The fraction of sp³-hybridized carbons (Fsp3) is 0.0833. The van der Waals surface area contributed by atoms with Gasteiger partial charge in [0.25, 0.3) is 0 Å². The van der Waals surface area contributed by atoms with Crippen molar-refractivity contribution in [3.63, 3.8) is 0 Å². The largest absolute Gasteiger partial charge is 0.493 e. The van der Waals surface area contributed by atoms with Crippen molar-refractivity contribution in [3.05, 3.63) is 77.3 Å². The van der Waals surface area contributed by atoms with Crippen LogP contribution in [0.3, 0.4) is 0 Å². The lowest BCUT2D eigenvalue weighted by Crippen LogP contribution is -1.94. The molecule has 0 bridgehead atoms. The molecular formula is C24H19N3O2S. The Kier molecular flexibility index (Phi) is 5.64. The molecule has 1 heterocycles. The number of ether oxygens (including phenoxy) is 2. The lowest BCUT2D eigenvalue weighted by atomic mass is 10.0. The number of aromatic nitrogens is 1. The van der Waals surface area contributed by atoms with Crippen LogP contribution in [-0.2, 0) is 0 Å². The number of hydrogen-bond acceptors (Lipinski definition) is 6. The first-order valence-corrected chi connectivity index (χ1v) is 10.1. The van der Waals surface area contributed by atoms with Crippen molar-refractivity contribution in [1.29, 1.82) is 5.26 Å². The van der Waals surface area contributed by atoms with E-state index in [2.05, 4.69) is 35.7 Å². The number of allylic oxidation sites excluding steroid dienone is 1. The van der Waals surface area contributed by atoms with E-state index in [0.29, 0.717) is 22.1 Å². The number of benzene rings is 3. The van der Waals surface area contributed by atoms with E-state index in [1.165, 1.54) is 11.3 Å². The van der Waals surface area contributed by atoms with Crippen molar-refractivity contribution >= 4 is 33.4 Å². The van der Waals surface area contributed by atoms with Gasteiger partial charge in [0.1, 0.15) is 16.6 Å². The molecule has 0 aliphatic carbocycles. The highest BCUT2D eigenvalue weighted by atomic mass is 32.1. The van der Waals surface area contributed by atoms with E-state index in [-0.39, 0.29) is 0 Å². The van der Waals surface area contributed by atoms with E-state index in [1.807, 2.05) is 41.8 Å². The van der Waals surface area contributed by atoms with Crippen molar-refractivity contribution in [2.45, 2.75) is 0 Å². The van der Waals surface area contributed by atoms with Gasteiger partial charge in [0, 0.05) is 28.9 Å². The van der Waals surface area contributed by atoms with Crippen molar-refractivity contribution in [2.24, 2.45) is 0 Å². The van der Waals surface area contributed by atoms with E-state index in [9.17, 15) is 5.26 Å². The molecule has 148 valence electrons. The second-order valence-electron chi connectivity index (χ2n) is 6.45. The summed E-state index contributed by atoms with van der Waals surface area (Å²) in [7, 11) is 3.18. The molecule has 0 atom stereocenters. The SMILES string of the molecule is COc1ccc(N/C=C(\C#N)c2nc(-c3cccc4ccccc34)cs2)cc1OC. The minimum Gasteiger partial charge on any atom is -0.493 e. The van der Waals surface area contributed by atoms with Gasteiger partial charge in [-0.05, 0) is 22.9 Å². The molecule has 6 heteroatoms. The molecule has 1 aromatic heterocycles. The van der Waals surface area contributed by atoms with E-state index in [1.54, 1.807) is 20.4 Å². The van der Waals surface area contributed by atoms with Crippen LogP contribution in [-0.4, -0.2) is 19.2 Å². The molecule has 5 nitrogen and oxygen atoms in total. The Bertz CT molecular complexity index is 1270. The zero-order valence-electron chi connectivity index (χ0n) is 16.5. The van der Waals surface area contributed by atoms with Gasteiger partial charge in [-0.25, -0.2) is 4.98 Å². The first kappa shape index (κ1) is 19.5. The van der Waals surface area contributed by atoms with Crippen LogP contribution in [0.1, 0.15) is 5.01 Å². The molecule has 4 rings (SSSR count). The number of methoxy groups -OCH3 is 2. The monoisotopic (exact) mass is 413 g/mol. The first-order chi connectivity index (χ1) is 14.7. The van der Waals surface area contributed by atoms with Gasteiger partial charge in [-0.1, -0.05) is 42.5 Å².